The fourth-order valence-electron chi connectivity index (χ4n) is 3.41. The molecule has 0 spiro atoms. The number of hydrogen-bond donors (Lipinski definition) is 2. The van der Waals surface area contributed by atoms with Crippen molar-refractivity contribution in [2.24, 2.45) is 17.6 Å². The molecule has 25 heavy (non-hydrogen) atoms. The van der Waals surface area contributed by atoms with E-state index in [1.807, 2.05) is 13.8 Å². The highest BCUT2D eigenvalue weighted by molar-refractivity contribution is 6.31. The molecule has 1 aliphatic carbocycles. The lowest BCUT2D eigenvalue weighted by Crippen LogP contribution is -2.49. The van der Waals surface area contributed by atoms with Gasteiger partial charge in [-0.25, -0.2) is 4.39 Å². The van der Waals surface area contributed by atoms with Gasteiger partial charge in [0.25, 0.3) is 0 Å². The SMILES string of the molecule is CC(C)(CNC(=O)C(N)C1CCC(C=O)CC1)c1ccc(F)cc1Cl. The number of amides is 1. The van der Waals surface area contributed by atoms with Crippen molar-refractivity contribution >= 4 is 23.8 Å². The Morgan fingerprint density at radius 1 is 1.40 bits per heavy atom. The second kappa shape index (κ2) is 8.28. The minimum absolute atomic E-state index is 0.103. The van der Waals surface area contributed by atoms with Crippen molar-refractivity contribution in [2.75, 3.05) is 6.54 Å². The highest BCUT2D eigenvalue weighted by atomic mass is 35.5. The van der Waals surface area contributed by atoms with Crippen LogP contribution in [0.3, 0.4) is 0 Å². The first-order valence-corrected chi connectivity index (χ1v) is 9.06. The van der Waals surface area contributed by atoms with Crippen LogP contribution < -0.4 is 11.1 Å². The molecule has 0 heterocycles. The number of carbonyl (C=O) groups excluding carboxylic acids is 2. The second-order valence-electron chi connectivity index (χ2n) is 7.56. The van der Waals surface area contributed by atoms with E-state index in [4.69, 9.17) is 17.3 Å². The molecule has 1 aromatic carbocycles. The van der Waals surface area contributed by atoms with E-state index in [0.717, 1.165) is 37.5 Å². The molecule has 1 aromatic rings. The molecule has 0 aromatic heterocycles. The lowest BCUT2D eigenvalue weighted by molar-refractivity contribution is -0.124. The largest absolute Gasteiger partial charge is 0.354 e. The van der Waals surface area contributed by atoms with Crippen molar-refractivity contribution in [2.45, 2.75) is 51.0 Å². The summed E-state index contributed by atoms with van der Waals surface area (Å²) in [6.45, 7) is 4.23. The Kier molecular flexibility index (Phi) is 6.58. The number of benzene rings is 1. The Hall–Kier alpha value is -1.46. The summed E-state index contributed by atoms with van der Waals surface area (Å²) in [4.78, 5) is 23.2. The zero-order valence-electron chi connectivity index (χ0n) is 14.7. The van der Waals surface area contributed by atoms with E-state index in [-0.39, 0.29) is 23.6 Å². The van der Waals surface area contributed by atoms with Crippen LogP contribution in [0, 0.1) is 17.7 Å². The van der Waals surface area contributed by atoms with Crippen LogP contribution in [0.2, 0.25) is 5.02 Å². The number of hydrogen-bond acceptors (Lipinski definition) is 3. The summed E-state index contributed by atoms with van der Waals surface area (Å²) in [5.41, 5.74) is 6.45. The molecule has 0 saturated heterocycles. The molecule has 1 fully saturated rings. The molecule has 0 radical (unpaired) electrons. The number of nitrogens with one attached hydrogen (secondary N) is 1. The maximum atomic E-state index is 13.2. The number of rotatable bonds is 6. The van der Waals surface area contributed by atoms with E-state index >= 15 is 0 Å². The predicted molar refractivity (Wildman–Crippen MR) is 96.9 cm³/mol. The van der Waals surface area contributed by atoms with Gasteiger partial charge in [-0.15, -0.1) is 0 Å². The van der Waals surface area contributed by atoms with Crippen LogP contribution in [0.4, 0.5) is 4.39 Å². The Bertz CT molecular complexity index is 628. The van der Waals surface area contributed by atoms with Crippen LogP contribution in [0.15, 0.2) is 18.2 Å². The molecule has 3 N–H and O–H groups in total. The maximum absolute atomic E-state index is 13.2. The molecule has 1 unspecified atom stereocenters. The molecule has 2 rings (SSSR count). The zero-order valence-corrected chi connectivity index (χ0v) is 15.5. The summed E-state index contributed by atoms with van der Waals surface area (Å²) < 4.78 is 13.2. The van der Waals surface area contributed by atoms with Gasteiger partial charge < -0.3 is 15.8 Å². The molecule has 1 aliphatic rings. The highest BCUT2D eigenvalue weighted by Crippen LogP contribution is 2.31. The molecule has 1 amide bonds. The van der Waals surface area contributed by atoms with E-state index < -0.39 is 11.5 Å². The van der Waals surface area contributed by atoms with Crippen LogP contribution in [-0.2, 0) is 15.0 Å². The van der Waals surface area contributed by atoms with Gasteiger partial charge in [0, 0.05) is 22.9 Å². The van der Waals surface area contributed by atoms with Gasteiger partial charge in [-0.2, -0.15) is 0 Å². The lowest BCUT2D eigenvalue weighted by Gasteiger charge is -2.31. The Morgan fingerprint density at radius 2 is 2.04 bits per heavy atom. The molecule has 138 valence electrons. The zero-order chi connectivity index (χ0) is 18.6. The van der Waals surface area contributed by atoms with E-state index in [0.29, 0.717) is 11.6 Å². The van der Waals surface area contributed by atoms with Crippen molar-refractivity contribution < 1.29 is 14.0 Å². The van der Waals surface area contributed by atoms with Crippen LogP contribution in [0.25, 0.3) is 0 Å². The van der Waals surface area contributed by atoms with Crippen LogP contribution >= 0.6 is 11.6 Å². The lowest BCUT2D eigenvalue weighted by atomic mass is 9.79. The monoisotopic (exact) mass is 368 g/mol. The summed E-state index contributed by atoms with van der Waals surface area (Å²) >= 11 is 6.14. The molecular weight excluding hydrogens is 343 g/mol. The summed E-state index contributed by atoms with van der Waals surface area (Å²) in [7, 11) is 0. The molecular formula is C19H26ClFN2O2. The standard InChI is InChI=1S/C19H26ClFN2O2/c1-19(2,15-8-7-14(21)9-16(15)20)11-23-18(25)17(22)13-5-3-12(10-24)4-6-13/h7-10,12-13,17H,3-6,11,22H2,1-2H3,(H,23,25). The van der Waals surface area contributed by atoms with Gasteiger partial charge in [-0.05, 0) is 49.3 Å². The van der Waals surface area contributed by atoms with Gasteiger partial charge in [-0.3, -0.25) is 4.79 Å². The fourth-order valence-corrected chi connectivity index (χ4v) is 3.84. The predicted octanol–water partition coefficient (Wildman–Crippen LogP) is 3.21. The Morgan fingerprint density at radius 3 is 2.60 bits per heavy atom. The first kappa shape index (κ1) is 19.9. The number of nitrogens with two attached hydrogens (primary N) is 1. The van der Waals surface area contributed by atoms with Crippen LogP contribution in [0.1, 0.15) is 45.1 Å². The Balaban J connectivity index is 1.93. The molecule has 1 atom stereocenters. The third-order valence-electron chi connectivity index (χ3n) is 5.18. The second-order valence-corrected chi connectivity index (χ2v) is 7.97. The van der Waals surface area contributed by atoms with Gasteiger partial charge in [-0.1, -0.05) is 31.5 Å². The maximum Gasteiger partial charge on any atom is 0.237 e. The van der Waals surface area contributed by atoms with Crippen molar-refractivity contribution in [1.82, 2.24) is 5.32 Å². The van der Waals surface area contributed by atoms with Gasteiger partial charge in [0.05, 0.1) is 6.04 Å². The van der Waals surface area contributed by atoms with E-state index in [2.05, 4.69) is 5.32 Å². The summed E-state index contributed by atoms with van der Waals surface area (Å²) in [6.07, 6.45) is 4.19. The van der Waals surface area contributed by atoms with Crippen LogP contribution in [0.5, 0.6) is 0 Å². The minimum atomic E-state index is -0.577. The smallest absolute Gasteiger partial charge is 0.237 e. The number of carbonyl (C=O) groups is 2. The molecule has 0 aliphatic heterocycles. The minimum Gasteiger partial charge on any atom is -0.354 e. The molecule has 1 saturated carbocycles. The normalized spacial score (nSPS) is 22.3. The first-order valence-electron chi connectivity index (χ1n) is 8.68. The molecule has 6 heteroatoms. The number of halogens is 2. The van der Waals surface area contributed by atoms with E-state index in [1.54, 1.807) is 6.07 Å². The third-order valence-corrected chi connectivity index (χ3v) is 5.50. The van der Waals surface area contributed by atoms with Crippen molar-refractivity contribution in [1.29, 1.82) is 0 Å². The fraction of sp³-hybridized carbons (Fsp3) is 0.579. The van der Waals surface area contributed by atoms with Crippen LogP contribution in [-0.4, -0.2) is 24.8 Å². The average Bonchev–Trinajstić information content (AvgIpc) is 2.58. The summed E-state index contributed by atoms with van der Waals surface area (Å²) in [5.74, 6) is -0.373. The quantitative estimate of drug-likeness (QED) is 0.757. The summed E-state index contributed by atoms with van der Waals surface area (Å²) in [6, 6.07) is 3.71. The van der Waals surface area contributed by atoms with Gasteiger partial charge in [0.1, 0.15) is 12.1 Å². The van der Waals surface area contributed by atoms with Gasteiger partial charge in [0.2, 0.25) is 5.91 Å². The third kappa shape index (κ3) is 5.02. The topological polar surface area (TPSA) is 72.2 Å². The van der Waals surface area contributed by atoms with E-state index in [1.165, 1.54) is 12.1 Å². The van der Waals surface area contributed by atoms with Crippen molar-refractivity contribution in [3.05, 3.63) is 34.6 Å². The van der Waals surface area contributed by atoms with Gasteiger partial charge >= 0.3 is 0 Å². The van der Waals surface area contributed by atoms with E-state index in [9.17, 15) is 14.0 Å². The first-order chi connectivity index (χ1) is 11.7. The molecule has 0 bridgehead atoms. The Labute approximate surface area is 153 Å². The van der Waals surface area contributed by atoms with Gasteiger partial charge in [0.15, 0.2) is 0 Å². The summed E-state index contributed by atoms with van der Waals surface area (Å²) in [5, 5.41) is 3.24. The molecule has 4 nitrogen and oxygen atoms in total. The average molecular weight is 369 g/mol. The van der Waals surface area contributed by atoms with Crippen molar-refractivity contribution in [3.63, 3.8) is 0 Å². The highest BCUT2D eigenvalue weighted by Gasteiger charge is 2.31. The van der Waals surface area contributed by atoms with Crippen molar-refractivity contribution in [3.8, 4) is 0 Å². The number of aldehydes is 1.